The van der Waals surface area contributed by atoms with Crippen molar-refractivity contribution >= 4 is 5.91 Å². The second-order valence-corrected chi connectivity index (χ2v) is 5.57. The number of rotatable bonds is 4. The van der Waals surface area contributed by atoms with E-state index >= 15 is 0 Å². The number of amides is 1. The Morgan fingerprint density at radius 3 is 2.56 bits per heavy atom. The number of ether oxygens (including phenoxy) is 1. The predicted octanol–water partition coefficient (Wildman–Crippen LogP) is 2.71. The van der Waals surface area contributed by atoms with Crippen molar-refractivity contribution < 1.29 is 9.53 Å². The van der Waals surface area contributed by atoms with Gasteiger partial charge in [0, 0.05) is 12.0 Å². The summed E-state index contributed by atoms with van der Waals surface area (Å²) >= 11 is 0. The third-order valence-corrected chi connectivity index (χ3v) is 2.80. The summed E-state index contributed by atoms with van der Waals surface area (Å²) in [7, 11) is 1.67. The summed E-state index contributed by atoms with van der Waals surface area (Å²) in [6, 6.07) is 6.09. The van der Waals surface area contributed by atoms with Gasteiger partial charge in [-0.1, -0.05) is 38.5 Å². The summed E-state index contributed by atoms with van der Waals surface area (Å²) in [5, 5.41) is 2.95. The maximum absolute atomic E-state index is 11.7. The van der Waals surface area contributed by atoms with Crippen LogP contribution in [0.4, 0.5) is 0 Å². The van der Waals surface area contributed by atoms with Crippen LogP contribution in [0.25, 0.3) is 0 Å². The highest BCUT2D eigenvalue weighted by molar-refractivity contribution is 5.81. The quantitative estimate of drug-likeness (QED) is 0.891. The smallest absolute Gasteiger partial charge is 0.225 e. The molecule has 0 aromatic heterocycles. The fourth-order valence-corrected chi connectivity index (χ4v) is 1.68. The van der Waals surface area contributed by atoms with E-state index in [0.29, 0.717) is 6.54 Å². The lowest BCUT2D eigenvalue weighted by Gasteiger charge is -2.18. The number of benzene rings is 1. The Morgan fingerprint density at radius 1 is 1.33 bits per heavy atom. The lowest BCUT2D eigenvalue weighted by atomic mass is 9.95. The van der Waals surface area contributed by atoms with Gasteiger partial charge in [0.05, 0.1) is 7.11 Å². The topological polar surface area (TPSA) is 38.3 Å². The zero-order valence-corrected chi connectivity index (χ0v) is 12.0. The van der Waals surface area contributed by atoms with Crippen LogP contribution in [0, 0.1) is 12.3 Å². The minimum absolute atomic E-state index is 0.0779. The Kier molecular flexibility index (Phi) is 4.76. The fourth-order valence-electron chi connectivity index (χ4n) is 1.68. The van der Waals surface area contributed by atoms with Crippen LogP contribution in [0.15, 0.2) is 18.2 Å². The van der Waals surface area contributed by atoms with Gasteiger partial charge in [-0.2, -0.15) is 0 Å². The van der Waals surface area contributed by atoms with Crippen molar-refractivity contribution in [3.8, 4) is 5.75 Å². The number of nitrogens with one attached hydrogen (secondary N) is 1. The Hall–Kier alpha value is -1.51. The molecule has 1 N–H and O–H groups in total. The maximum atomic E-state index is 11.7. The standard InChI is InChI=1S/C15H23NO2/c1-11-6-7-13(18-5)12(10-11)8-9-16-14(17)15(2,3)4/h6-7,10H,8-9H2,1-5H3,(H,16,17). The SMILES string of the molecule is COc1ccc(C)cc1CCNC(=O)C(C)(C)C. The predicted molar refractivity (Wildman–Crippen MR) is 73.9 cm³/mol. The molecule has 0 saturated carbocycles. The third-order valence-electron chi connectivity index (χ3n) is 2.80. The van der Waals surface area contributed by atoms with Crippen molar-refractivity contribution in [3.63, 3.8) is 0 Å². The van der Waals surface area contributed by atoms with Crippen LogP contribution in [0.1, 0.15) is 31.9 Å². The molecule has 0 aliphatic carbocycles. The van der Waals surface area contributed by atoms with Crippen molar-refractivity contribution in [3.05, 3.63) is 29.3 Å². The molecule has 3 nitrogen and oxygen atoms in total. The molecule has 0 atom stereocenters. The molecule has 100 valence electrons. The van der Waals surface area contributed by atoms with Gasteiger partial charge >= 0.3 is 0 Å². The van der Waals surface area contributed by atoms with Crippen LogP contribution < -0.4 is 10.1 Å². The first-order chi connectivity index (χ1) is 8.34. The summed E-state index contributed by atoms with van der Waals surface area (Å²) < 4.78 is 5.31. The molecule has 3 heteroatoms. The summed E-state index contributed by atoms with van der Waals surface area (Å²) in [6.07, 6.45) is 0.784. The molecule has 1 aromatic rings. The van der Waals surface area contributed by atoms with Gasteiger partial charge in [-0.3, -0.25) is 4.79 Å². The highest BCUT2D eigenvalue weighted by atomic mass is 16.5. The first-order valence-corrected chi connectivity index (χ1v) is 6.26. The van der Waals surface area contributed by atoms with Crippen molar-refractivity contribution in [2.75, 3.05) is 13.7 Å². The van der Waals surface area contributed by atoms with Crippen LogP contribution in [0.3, 0.4) is 0 Å². The summed E-state index contributed by atoms with van der Waals surface area (Å²) in [5.41, 5.74) is 2.00. The van der Waals surface area contributed by atoms with Gasteiger partial charge in [0.25, 0.3) is 0 Å². The molecule has 1 aromatic carbocycles. The first kappa shape index (κ1) is 14.6. The van der Waals surface area contributed by atoms with E-state index in [1.807, 2.05) is 32.9 Å². The van der Waals surface area contributed by atoms with E-state index in [-0.39, 0.29) is 11.3 Å². The van der Waals surface area contributed by atoms with Crippen LogP contribution in [0.5, 0.6) is 5.75 Å². The Labute approximate surface area is 110 Å². The molecule has 0 spiro atoms. The molecule has 0 fully saturated rings. The van der Waals surface area contributed by atoms with Crippen LogP contribution >= 0.6 is 0 Å². The fraction of sp³-hybridized carbons (Fsp3) is 0.533. The molecular weight excluding hydrogens is 226 g/mol. The first-order valence-electron chi connectivity index (χ1n) is 6.26. The second-order valence-electron chi connectivity index (χ2n) is 5.57. The maximum Gasteiger partial charge on any atom is 0.225 e. The minimum atomic E-state index is -0.337. The van der Waals surface area contributed by atoms with Crippen molar-refractivity contribution in [1.29, 1.82) is 0 Å². The number of carbonyl (C=O) groups excluding carboxylic acids is 1. The molecule has 0 bridgehead atoms. The van der Waals surface area contributed by atoms with Crippen molar-refractivity contribution in [1.82, 2.24) is 5.32 Å². The van der Waals surface area contributed by atoms with E-state index in [9.17, 15) is 4.79 Å². The van der Waals surface area contributed by atoms with Gasteiger partial charge < -0.3 is 10.1 Å². The van der Waals surface area contributed by atoms with Crippen LogP contribution in [0.2, 0.25) is 0 Å². The highest BCUT2D eigenvalue weighted by Crippen LogP contribution is 2.20. The number of aryl methyl sites for hydroxylation is 1. The molecule has 1 rings (SSSR count). The van der Waals surface area contributed by atoms with Crippen molar-refractivity contribution in [2.24, 2.45) is 5.41 Å². The number of carbonyl (C=O) groups is 1. The molecule has 0 aliphatic heterocycles. The van der Waals surface area contributed by atoms with E-state index in [4.69, 9.17) is 4.74 Å². The van der Waals surface area contributed by atoms with E-state index in [1.165, 1.54) is 5.56 Å². The molecule has 0 aliphatic rings. The number of hydrogen-bond donors (Lipinski definition) is 1. The average molecular weight is 249 g/mol. The molecule has 0 unspecified atom stereocenters. The molecule has 0 saturated heterocycles. The van der Waals surface area contributed by atoms with E-state index in [0.717, 1.165) is 17.7 Å². The Morgan fingerprint density at radius 2 is 2.00 bits per heavy atom. The number of hydrogen-bond acceptors (Lipinski definition) is 2. The normalized spacial score (nSPS) is 11.2. The highest BCUT2D eigenvalue weighted by Gasteiger charge is 2.20. The zero-order valence-electron chi connectivity index (χ0n) is 12.0. The van der Waals surface area contributed by atoms with E-state index < -0.39 is 0 Å². The van der Waals surface area contributed by atoms with Gasteiger partial charge in [-0.05, 0) is 25.0 Å². The van der Waals surface area contributed by atoms with Crippen molar-refractivity contribution in [2.45, 2.75) is 34.1 Å². The second kappa shape index (κ2) is 5.89. The van der Waals surface area contributed by atoms with E-state index in [2.05, 4.69) is 18.3 Å². The van der Waals surface area contributed by atoms with Gasteiger partial charge in [0.15, 0.2) is 0 Å². The molecular formula is C15H23NO2. The monoisotopic (exact) mass is 249 g/mol. The lowest BCUT2D eigenvalue weighted by molar-refractivity contribution is -0.128. The molecule has 0 radical (unpaired) electrons. The van der Waals surface area contributed by atoms with Gasteiger partial charge in [0.1, 0.15) is 5.75 Å². The molecule has 0 heterocycles. The number of methoxy groups -OCH3 is 1. The molecule has 18 heavy (non-hydrogen) atoms. The largest absolute Gasteiger partial charge is 0.496 e. The Balaban J connectivity index is 2.59. The third kappa shape index (κ3) is 4.06. The molecule has 1 amide bonds. The van der Waals surface area contributed by atoms with E-state index in [1.54, 1.807) is 7.11 Å². The van der Waals surface area contributed by atoms with Crippen LogP contribution in [-0.4, -0.2) is 19.6 Å². The summed E-state index contributed by atoms with van der Waals surface area (Å²) in [4.78, 5) is 11.7. The van der Waals surface area contributed by atoms with Crippen LogP contribution in [-0.2, 0) is 11.2 Å². The minimum Gasteiger partial charge on any atom is -0.496 e. The van der Waals surface area contributed by atoms with Gasteiger partial charge in [-0.15, -0.1) is 0 Å². The zero-order chi connectivity index (χ0) is 13.8. The Bertz CT molecular complexity index is 419. The summed E-state index contributed by atoms with van der Waals surface area (Å²) in [6.45, 7) is 8.42. The lowest BCUT2D eigenvalue weighted by Crippen LogP contribution is -2.35. The van der Waals surface area contributed by atoms with Gasteiger partial charge in [-0.25, -0.2) is 0 Å². The van der Waals surface area contributed by atoms with Gasteiger partial charge in [0.2, 0.25) is 5.91 Å². The average Bonchev–Trinajstić information content (AvgIpc) is 2.28. The summed E-state index contributed by atoms with van der Waals surface area (Å²) in [5.74, 6) is 0.958.